The first-order valence-corrected chi connectivity index (χ1v) is 13.0. The molecule has 1 amide bonds. The van der Waals surface area contributed by atoms with Crippen LogP contribution in [-0.2, 0) is 23.6 Å². The lowest BCUT2D eigenvalue weighted by molar-refractivity contribution is 0.00468. The summed E-state index contributed by atoms with van der Waals surface area (Å²) in [6.45, 7) is 4.47. The highest BCUT2D eigenvalue weighted by Gasteiger charge is 2.38. The summed E-state index contributed by atoms with van der Waals surface area (Å²) in [6, 6.07) is 3.37. The van der Waals surface area contributed by atoms with Gasteiger partial charge in [-0.25, -0.2) is 4.79 Å². The van der Waals surface area contributed by atoms with Crippen molar-refractivity contribution in [3.05, 3.63) is 53.3 Å². The number of amides is 1. The molecule has 1 fully saturated rings. The van der Waals surface area contributed by atoms with Gasteiger partial charge in [0.2, 0.25) is 5.78 Å². The van der Waals surface area contributed by atoms with E-state index >= 15 is 0 Å². The van der Waals surface area contributed by atoms with Gasteiger partial charge in [-0.05, 0) is 43.9 Å². The molecular weight excluding hydrogens is 510 g/mol. The SMILES string of the molecule is CCOC(=O)N(c1c(C(=O)c2cnn(C)c2)oc2c(Cl)cc(-c3cnn(C)c3)cc12)[C@H]1CCO[C@@H](CC)C1. The molecule has 38 heavy (non-hydrogen) atoms. The summed E-state index contributed by atoms with van der Waals surface area (Å²) in [7, 11) is 3.56. The summed E-state index contributed by atoms with van der Waals surface area (Å²) < 4.78 is 20.8. The number of hydrogen-bond acceptors (Lipinski definition) is 7. The molecule has 0 spiro atoms. The van der Waals surface area contributed by atoms with Crippen LogP contribution in [0.1, 0.15) is 49.2 Å². The van der Waals surface area contributed by atoms with Crippen molar-refractivity contribution in [3.8, 4) is 11.1 Å². The second kappa shape index (κ2) is 10.6. The molecule has 0 unspecified atom stereocenters. The van der Waals surface area contributed by atoms with Crippen LogP contribution in [0.3, 0.4) is 0 Å². The average molecular weight is 540 g/mol. The predicted octanol–water partition coefficient (Wildman–Crippen LogP) is 5.37. The Bertz CT molecular complexity index is 1490. The highest BCUT2D eigenvalue weighted by atomic mass is 35.5. The van der Waals surface area contributed by atoms with Gasteiger partial charge in [0, 0.05) is 50.1 Å². The zero-order valence-electron chi connectivity index (χ0n) is 21.8. The Morgan fingerprint density at radius 3 is 2.55 bits per heavy atom. The fourth-order valence-corrected chi connectivity index (χ4v) is 5.20. The van der Waals surface area contributed by atoms with Crippen molar-refractivity contribution < 1.29 is 23.5 Å². The van der Waals surface area contributed by atoms with Crippen molar-refractivity contribution >= 4 is 40.1 Å². The maximum absolute atomic E-state index is 13.8. The molecule has 10 nitrogen and oxygen atoms in total. The van der Waals surface area contributed by atoms with E-state index in [1.807, 2.05) is 26.2 Å². The first-order valence-electron chi connectivity index (χ1n) is 12.7. The number of halogens is 1. The Hall–Kier alpha value is -3.63. The van der Waals surface area contributed by atoms with Crippen LogP contribution in [0.2, 0.25) is 5.02 Å². The zero-order chi connectivity index (χ0) is 27.0. The van der Waals surface area contributed by atoms with Gasteiger partial charge in [-0.2, -0.15) is 10.2 Å². The number of benzene rings is 1. The largest absolute Gasteiger partial charge is 0.449 e. The molecule has 1 saturated heterocycles. The van der Waals surface area contributed by atoms with E-state index in [0.29, 0.717) is 46.7 Å². The summed E-state index contributed by atoms with van der Waals surface area (Å²) in [5.74, 6) is -0.400. The number of aryl methyl sites for hydroxylation is 2. The molecule has 3 aromatic heterocycles. The maximum Gasteiger partial charge on any atom is 0.414 e. The maximum atomic E-state index is 13.8. The minimum atomic E-state index is -0.555. The lowest BCUT2D eigenvalue weighted by atomic mass is 9.98. The molecule has 0 N–H and O–H groups in total. The van der Waals surface area contributed by atoms with Gasteiger partial charge in [-0.15, -0.1) is 0 Å². The van der Waals surface area contributed by atoms with Crippen LogP contribution in [-0.4, -0.2) is 56.8 Å². The second-order valence-corrected chi connectivity index (χ2v) is 9.80. The number of ketones is 1. The van der Waals surface area contributed by atoms with E-state index in [1.165, 1.54) is 10.9 Å². The molecule has 2 atom stereocenters. The smallest absolute Gasteiger partial charge is 0.414 e. The molecule has 200 valence electrons. The van der Waals surface area contributed by atoms with Crippen LogP contribution in [0.15, 0.2) is 41.3 Å². The van der Waals surface area contributed by atoms with Crippen LogP contribution in [0.25, 0.3) is 22.1 Å². The molecule has 4 aromatic rings. The monoisotopic (exact) mass is 539 g/mol. The topological polar surface area (TPSA) is 105 Å². The van der Waals surface area contributed by atoms with Crippen molar-refractivity contribution in [2.45, 2.75) is 45.3 Å². The molecule has 0 saturated carbocycles. The lowest BCUT2D eigenvalue weighted by Crippen LogP contribution is -2.46. The van der Waals surface area contributed by atoms with Crippen molar-refractivity contribution in [3.63, 3.8) is 0 Å². The lowest BCUT2D eigenvalue weighted by Gasteiger charge is -2.36. The number of rotatable bonds is 7. The first-order chi connectivity index (χ1) is 18.3. The van der Waals surface area contributed by atoms with E-state index in [4.69, 9.17) is 25.5 Å². The number of nitrogens with zero attached hydrogens (tertiary/aromatic N) is 5. The van der Waals surface area contributed by atoms with Crippen LogP contribution in [0.4, 0.5) is 10.5 Å². The van der Waals surface area contributed by atoms with E-state index in [2.05, 4.69) is 10.2 Å². The summed E-state index contributed by atoms with van der Waals surface area (Å²) >= 11 is 6.73. The van der Waals surface area contributed by atoms with Crippen LogP contribution >= 0.6 is 11.6 Å². The number of carbonyl (C=O) groups excluding carboxylic acids is 2. The van der Waals surface area contributed by atoms with Crippen molar-refractivity contribution in [1.82, 2.24) is 19.6 Å². The Morgan fingerprint density at radius 1 is 1.13 bits per heavy atom. The van der Waals surface area contributed by atoms with Crippen LogP contribution < -0.4 is 4.90 Å². The predicted molar refractivity (Wildman–Crippen MR) is 143 cm³/mol. The summed E-state index contributed by atoms with van der Waals surface area (Å²) in [5, 5.41) is 9.26. The normalized spacial score (nSPS) is 17.6. The van der Waals surface area contributed by atoms with Crippen LogP contribution in [0, 0.1) is 0 Å². The number of fused-ring (bicyclic) bond motifs is 1. The van der Waals surface area contributed by atoms with Gasteiger partial charge < -0.3 is 13.9 Å². The molecule has 5 rings (SSSR count). The quantitative estimate of drug-likeness (QED) is 0.291. The van der Waals surface area contributed by atoms with Crippen molar-refractivity contribution in [1.29, 1.82) is 0 Å². The highest BCUT2D eigenvalue weighted by molar-refractivity contribution is 6.36. The third kappa shape index (κ3) is 4.81. The van der Waals surface area contributed by atoms with Gasteiger partial charge in [-0.3, -0.25) is 19.1 Å². The zero-order valence-corrected chi connectivity index (χ0v) is 22.6. The van der Waals surface area contributed by atoms with Gasteiger partial charge >= 0.3 is 6.09 Å². The van der Waals surface area contributed by atoms with E-state index in [0.717, 1.165) is 17.5 Å². The van der Waals surface area contributed by atoms with E-state index in [9.17, 15) is 9.59 Å². The standard InChI is InChI=1S/C27H30ClN5O5/c1-5-20-11-19(7-8-37-20)33(27(35)36-6-2)23-21-9-16(17-12-29-31(3)14-17)10-22(28)25(21)38-26(23)24(34)18-13-30-32(4)15-18/h9-10,12-15,19-20H,5-8,11H2,1-4H3/t19-,20-/m0/s1. The fraction of sp³-hybridized carbons (Fsp3) is 0.407. The molecule has 0 bridgehead atoms. The minimum Gasteiger partial charge on any atom is -0.449 e. The Morgan fingerprint density at radius 2 is 1.89 bits per heavy atom. The molecule has 1 aromatic carbocycles. The number of ether oxygens (including phenoxy) is 2. The molecule has 0 radical (unpaired) electrons. The Balaban J connectivity index is 1.76. The van der Waals surface area contributed by atoms with E-state index < -0.39 is 11.9 Å². The molecular formula is C27H30ClN5O5. The van der Waals surface area contributed by atoms with Gasteiger partial charge in [0.25, 0.3) is 0 Å². The average Bonchev–Trinajstić information content (AvgIpc) is 3.63. The number of furan rings is 1. The van der Waals surface area contributed by atoms with Crippen molar-refractivity contribution in [2.75, 3.05) is 18.1 Å². The van der Waals surface area contributed by atoms with Gasteiger partial charge in [0.15, 0.2) is 11.3 Å². The fourth-order valence-electron chi connectivity index (χ4n) is 4.94. The summed E-state index contributed by atoms with van der Waals surface area (Å²) in [6.07, 6.45) is 8.08. The van der Waals surface area contributed by atoms with E-state index in [-0.39, 0.29) is 24.5 Å². The van der Waals surface area contributed by atoms with Crippen LogP contribution in [0.5, 0.6) is 0 Å². The minimum absolute atomic E-state index is 0.00540. The number of hydrogen-bond donors (Lipinski definition) is 0. The van der Waals surface area contributed by atoms with Gasteiger partial charge in [0.1, 0.15) is 5.69 Å². The third-order valence-corrected chi connectivity index (χ3v) is 7.08. The van der Waals surface area contributed by atoms with E-state index in [1.54, 1.807) is 42.0 Å². The summed E-state index contributed by atoms with van der Waals surface area (Å²) in [5.41, 5.74) is 2.60. The number of aromatic nitrogens is 4. The Kier molecular flexibility index (Phi) is 7.27. The first kappa shape index (κ1) is 26.0. The molecule has 1 aliphatic heterocycles. The number of carbonyl (C=O) groups is 2. The molecule has 11 heteroatoms. The molecule has 4 heterocycles. The summed E-state index contributed by atoms with van der Waals surface area (Å²) in [4.78, 5) is 28.9. The second-order valence-electron chi connectivity index (χ2n) is 9.40. The highest BCUT2D eigenvalue weighted by Crippen LogP contribution is 2.43. The Labute approximate surface area is 225 Å². The molecule has 1 aliphatic rings. The number of anilines is 1. The van der Waals surface area contributed by atoms with Gasteiger partial charge in [0.05, 0.1) is 35.7 Å². The van der Waals surface area contributed by atoms with Gasteiger partial charge in [-0.1, -0.05) is 18.5 Å². The molecule has 0 aliphatic carbocycles. The third-order valence-electron chi connectivity index (χ3n) is 6.79. The van der Waals surface area contributed by atoms with Crippen molar-refractivity contribution in [2.24, 2.45) is 14.1 Å².